The highest BCUT2D eigenvalue weighted by Gasteiger charge is 2.22. The molecule has 0 saturated carbocycles. The summed E-state index contributed by atoms with van der Waals surface area (Å²) >= 11 is 5.92. The SMILES string of the molecule is Cc1cc(Cl)cc(N2CCCC2)[n+]1[O-].Cl. The van der Waals surface area contributed by atoms with Crippen LogP contribution in [0.2, 0.25) is 5.02 Å². The van der Waals surface area contributed by atoms with Gasteiger partial charge < -0.3 is 5.21 Å². The molecule has 5 heteroatoms. The number of halogens is 2. The van der Waals surface area contributed by atoms with Crippen molar-refractivity contribution in [3.05, 3.63) is 28.1 Å². The van der Waals surface area contributed by atoms with E-state index in [1.807, 2.05) is 0 Å². The zero-order valence-electron chi connectivity index (χ0n) is 8.57. The van der Waals surface area contributed by atoms with Crippen LogP contribution in [0.5, 0.6) is 0 Å². The van der Waals surface area contributed by atoms with Crippen LogP contribution in [-0.2, 0) is 0 Å². The van der Waals surface area contributed by atoms with E-state index in [0.29, 0.717) is 16.5 Å². The third kappa shape index (κ3) is 2.47. The summed E-state index contributed by atoms with van der Waals surface area (Å²) in [7, 11) is 0. The third-order valence-corrected chi connectivity index (χ3v) is 2.79. The molecule has 1 aliphatic heterocycles. The average Bonchev–Trinajstić information content (AvgIpc) is 2.63. The van der Waals surface area contributed by atoms with Gasteiger partial charge in [-0.25, -0.2) is 4.73 Å². The Bertz CT molecular complexity index is 352. The van der Waals surface area contributed by atoms with Crippen molar-refractivity contribution in [3.8, 4) is 0 Å². The van der Waals surface area contributed by atoms with Gasteiger partial charge in [0.1, 0.15) is 5.69 Å². The third-order valence-electron chi connectivity index (χ3n) is 2.57. The molecular formula is C10H14Cl2N2O. The monoisotopic (exact) mass is 248 g/mol. The van der Waals surface area contributed by atoms with Crippen LogP contribution in [0.15, 0.2) is 12.1 Å². The minimum atomic E-state index is 0. The van der Waals surface area contributed by atoms with Crippen LogP contribution < -0.4 is 9.63 Å². The second-order valence-electron chi connectivity index (χ2n) is 3.66. The van der Waals surface area contributed by atoms with E-state index in [2.05, 4.69) is 4.90 Å². The van der Waals surface area contributed by atoms with Crippen molar-refractivity contribution >= 4 is 29.8 Å². The number of pyridine rings is 1. The van der Waals surface area contributed by atoms with Crippen LogP contribution in [0.3, 0.4) is 0 Å². The summed E-state index contributed by atoms with van der Waals surface area (Å²) in [5.74, 6) is 0.688. The molecule has 1 aromatic rings. The summed E-state index contributed by atoms with van der Waals surface area (Å²) in [6.07, 6.45) is 2.32. The first-order valence-corrected chi connectivity index (χ1v) is 5.21. The fourth-order valence-corrected chi connectivity index (χ4v) is 2.08. The zero-order chi connectivity index (χ0) is 10.1. The molecule has 0 radical (unpaired) electrons. The van der Waals surface area contributed by atoms with E-state index in [0.717, 1.165) is 30.7 Å². The summed E-state index contributed by atoms with van der Waals surface area (Å²) in [5, 5.41) is 12.4. The highest BCUT2D eigenvalue weighted by molar-refractivity contribution is 6.30. The van der Waals surface area contributed by atoms with Gasteiger partial charge in [0.15, 0.2) is 0 Å². The first-order chi connectivity index (χ1) is 6.68. The Morgan fingerprint density at radius 1 is 1.33 bits per heavy atom. The number of hydrogen-bond acceptors (Lipinski definition) is 2. The normalized spacial score (nSPS) is 15.2. The first-order valence-electron chi connectivity index (χ1n) is 4.83. The molecule has 0 unspecified atom stereocenters. The first kappa shape index (κ1) is 12.4. The van der Waals surface area contributed by atoms with Crippen LogP contribution in [0, 0.1) is 12.1 Å². The van der Waals surface area contributed by atoms with Gasteiger partial charge in [0.25, 0.3) is 5.82 Å². The molecule has 1 aliphatic rings. The topological polar surface area (TPSA) is 30.2 Å². The van der Waals surface area contributed by atoms with Crippen LogP contribution in [0.1, 0.15) is 18.5 Å². The molecule has 0 aliphatic carbocycles. The molecule has 1 fully saturated rings. The minimum Gasteiger partial charge on any atom is -0.710 e. The van der Waals surface area contributed by atoms with Crippen molar-refractivity contribution in [3.63, 3.8) is 0 Å². The molecule has 0 spiro atoms. The van der Waals surface area contributed by atoms with Gasteiger partial charge in [-0.3, -0.25) is 4.90 Å². The summed E-state index contributed by atoms with van der Waals surface area (Å²) in [5.41, 5.74) is 0.652. The lowest BCUT2D eigenvalue weighted by Crippen LogP contribution is -2.39. The second kappa shape index (κ2) is 4.90. The van der Waals surface area contributed by atoms with E-state index in [9.17, 15) is 5.21 Å². The minimum absolute atomic E-state index is 0. The van der Waals surface area contributed by atoms with Crippen molar-refractivity contribution in [2.75, 3.05) is 18.0 Å². The molecule has 0 aromatic carbocycles. The number of rotatable bonds is 1. The predicted octanol–water partition coefficient (Wildman–Crippen LogP) is 2.30. The number of aromatic nitrogens is 1. The lowest BCUT2D eigenvalue weighted by molar-refractivity contribution is -0.599. The molecule has 3 nitrogen and oxygen atoms in total. The Labute approximate surface area is 101 Å². The standard InChI is InChI=1S/C10H13ClN2O.ClH/c1-8-6-9(11)7-10(13(8)14)12-4-2-3-5-12;/h6-7H,2-5H2,1H3;1H. The molecule has 84 valence electrons. The Morgan fingerprint density at radius 2 is 1.93 bits per heavy atom. The fourth-order valence-electron chi connectivity index (χ4n) is 1.83. The van der Waals surface area contributed by atoms with Crippen molar-refractivity contribution in [2.45, 2.75) is 19.8 Å². The van der Waals surface area contributed by atoms with Crippen LogP contribution >= 0.6 is 24.0 Å². The molecule has 0 atom stereocenters. The van der Waals surface area contributed by atoms with Gasteiger partial charge in [0.2, 0.25) is 0 Å². The second-order valence-corrected chi connectivity index (χ2v) is 4.10. The lowest BCUT2D eigenvalue weighted by Gasteiger charge is -2.17. The quantitative estimate of drug-likeness (QED) is 0.564. The summed E-state index contributed by atoms with van der Waals surface area (Å²) in [6, 6.07) is 3.43. The number of aryl methyl sites for hydroxylation is 1. The highest BCUT2D eigenvalue weighted by atomic mass is 35.5. The van der Waals surface area contributed by atoms with Crippen molar-refractivity contribution in [2.24, 2.45) is 0 Å². The molecule has 0 bridgehead atoms. The molecular weight excluding hydrogens is 235 g/mol. The van der Waals surface area contributed by atoms with E-state index in [-0.39, 0.29) is 12.4 Å². The average molecular weight is 249 g/mol. The van der Waals surface area contributed by atoms with Gasteiger partial charge in [0, 0.05) is 6.07 Å². The van der Waals surface area contributed by atoms with E-state index in [1.54, 1.807) is 19.1 Å². The molecule has 2 rings (SSSR count). The zero-order valence-corrected chi connectivity index (χ0v) is 10.1. The van der Waals surface area contributed by atoms with Crippen molar-refractivity contribution in [1.29, 1.82) is 0 Å². The van der Waals surface area contributed by atoms with Crippen LogP contribution in [0.4, 0.5) is 5.82 Å². The van der Waals surface area contributed by atoms with E-state index in [1.165, 1.54) is 0 Å². The Balaban J connectivity index is 0.00000112. The van der Waals surface area contributed by atoms with E-state index < -0.39 is 0 Å². The van der Waals surface area contributed by atoms with Crippen LogP contribution in [-0.4, -0.2) is 13.1 Å². The van der Waals surface area contributed by atoms with E-state index >= 15 is 0 Å². The van der Waals surface area contributed by atoms with Crippen molar-refractivity contribution < 1.29 is 4.73 Å². The summed E-state index contributed by atoms with van der Waals surface area (Å²) in [4.78, 5) is 2.09. The molecule has 15 heavy (non-hydrogen) atoms. The summed E-state index contributed by atoms with van der Waals surface area (Å²) in [6.45, 7) is 3.70. The number of hydrogen-bond donors (Lipinski definition) is 0. The largest absolute Gasteiger partial charge is 0.710 e. The molecule has 0 amide bonds. The Hall–Kier alpha value is -0.670. The maximum atomic E-state index is 11.7. The number of anilines is 1. The maximum Gasteiger partial charge on any atom is 0.281 e. The summed E-state index contributed by atoms with van der Waals surface area (Å²) < 4.78 is 0.956. The van der Waals surface area contributed by atoms with Crippen molar-refractivity contribution in [1.82, 2.24) is 0 Å². The number of nitrogens with zero attached hydrogens (tertiary/aromatic N) is 2. The Morgan fingerprint density at radius 3 is 2.53 bits per heavy atom. The molecule has 0 N–H and O–H groups in total. The molecule has 1 aromatic heterocycles. The molecule has 2 heterocycles. The van der Waals surface area contributed by atoms with Gasteiger partial charge >= 0.3 is 0 Å². The smallest absolute Gasteiger partial charge is 0.281 e. The van der Waals surface area contributed by atoms with Crippen LogP contribution in [0.25, 0.3) is 0 Å². The van der Waals surface area contributed by atoms with Gasteiger partial charge in [-0.15, -0.1) is 12.4 Å². The lowest BCUT2D eigenvalue weighted by atomic mass is 10.3. The molecule has 1 saturated heterocycles. The fraction of sp³-hybridized carbons (Fsp3) is 0.500. The van der Waals surface area contributed by atoms with Gasteiger partial charge in [-0.1, -0.05) is 11.6 Å². The Kier molecular flexibility index (Phi) is 4.05. The van der Waals surface area contributed by atoms with Gasteiger partial charge in [0.05, 0.1) is 18.1 Å². The maximum absolute atomic E-state index is 11.7. The highest BCUT2D eigenvalue weighted by Crippen LogP contribution is 2.20. The van der Waals surface area contributed by atoms with Gasteiger partial charge in [-0.05, 0) is 25.8 Å². The van der Waals surface area contributed by atoms with E-state index in [4.69, 9.17) is 11.6 Å². The van der Waals surface area contributed by atoms with Gasteiger partial charge in [-0.2, -0.15) is 0 Å². The predicted molar refractivity (Wildman–Crippen MR) is 63.8 cm³/mol.